The van der Waals surface area contributed by atoms with Crippen LogP contribution in [0, 0.1) is 0 Å². The van der Waals surface area contributed by atoms with Crippen LogP contribution in [0.2, 0.25) is 0 Å². The molecule has 0 heterocycles. The van der Waals surface area contributed by atoms with Crippen LogP contribution in [0.3, 0.4) is 0 Å². The molecule has 0 unspecified atom stereocenters. The lowest BCUT2D eigenvalue weighted by Gasteiger charge is -1.93. The van der Waals surface area contributed by atoms with E-state index in [-0.39, 0.29) is 6.10 Å². The van der Waals surface area contributed by atoms with Crippen LogP contribution in [-0.4, -0.2) is 11.2 Å². The van der Waals surface area contributed by atoms with Crippen molar-refractivity contribution in [2.24, 2.45) is 0 Å². The van der Waals surface area contributed by atoms with Crippen LogP contribution in [0.4, 0.5) is 0 Å². The molecule has 2 N–H and O–H groups in total. The molecule has 0 spiro atoms. The predicted octanol–water partition coefficient (Wildman–Crippen LogP) is 0.900. The number of hydrogen-bond acceptors (Lipinski definition) is 0. The van der Waals surface area contributed by atoms with E-state index in [1.54, 1.807) is 0 Å². The normalized spacial score (nSPS) is 10.0. The van der Waals surface area contributed by atoms with Crippen LogP contribution in [-0.2, 0) is 0 Å². The Bertz CT molecular complexity index is 23.1. The first kappa shape index (κ1) is 5.96. The van der Waals surface area contributed by atoms with E-state index in [1.807, 2.05) is 13.8 Å². The second kappa shape index (κ2) is 3.16. The summed E-state index contributed by atoms with van der Waals surface area (Å²) in [5.74, 6) is 0. The van der Waals surface area contributed by atoms with Gasteiger partial charge >= 0.3 is 0 Å². The molecule has 0 rings (SSSR count). The fourth-order valence-corrected chi connectivity index (χ4v) is 0.289. The Hall–Kier alpha value is -0.0400. The molecule has 0 atom stereocenters. The van der Waals surface area contributed by atoms with Crippen molar-refractivity contribution in [2.75, 3.05) is 0 Å². The van der Waals surface area contributed by atoms with E-state index in [4.69, 9.17) is 5.11 Å². The molecule has 0 aliphatic rings. The Kier molecular flexibility index (Phi) is 3.14. The summed E-state index contributed by atoms with van der Waals surface area (Å²) in [5, 5.41) is 7.07. The second-order valence-corrected chi connectivity index (χ2v) is 1.51. The minimum Gasteiger partial charge on any atom is -0.443 e. The fourth-order valence-electron chi connectivity index (χ4n) is 0.289. The van der Waals surface area contributed by atoms with Crippen LogP contribution >= 0.6 is 0 Å². The maximum Gasteiger partial charge on any atom is 0.153 e. The quantitative estimate of drug-likeness (QED) is 0.449. The van der Waals surface area contributed by atoms with E-state index in [9.17, 15) is 0 Å². The van der Waals surface area contributed by atoms with Gasteiger partial charge in [0, 0.05) is 12.8 Å². The molecule has 0 amide bonds. The third-order valence-electron chi connectivity index (χ3n) is 0.986. The van der Waals surface area contributed by atoms with Gasteiger partial charge in [-0.05, 0) is 0 Å². The molecule has 0 saturated carbocycles. The van der Waals surface area contributed by atoms with E-state index in [1.165, 1.54) is 0 Å². The van der Waals surface area contributed by atoms with Crippen LogP contribution in [0.25, 0.3) is 0 Å². The van der Waals surface area contributed by atoms with Gasteiger partial charge in [0.2, 0.25) is 0 Å². The predicted molar refractivity (Wildman–Crippen MR) is 28.0 cm³/mol. The zero-order chi connectivity index (χ0) is 4.99. The van der Waals surface area contributed by atoms with Crippen molar-refractivity contribution in [2.45, 2.75) is 32.8 Å². The van der Waals surface area contributed by atoms with Gasteiger partial charge in [0.1, 0.15) is 0 Å². The zero-order valence-electron chi connectivity index (χ0n) is 4.49. The van der Waals surface area contributed by atoms with E-state index in [0.29, 0.717) is 0 Å². The molecule has 0 aromatic heterocycles. The molecule has 1 heteroatoms. The summed E-state index contributed by atoms with van der Waals surface area (Å²) in [7, 11) is 0. The molecule has 0 bridgehead atoms. The minimum absolute atomic E-state index is 0.185. The Labute approximate surface area is 39.0 Å². The number of hydrogen-bond donors (Lipinski definition) is 0. The first-order valence-electron chi connectivity index (χ1n) is 2.52. The molecular formula is C5H13O+. The molecule has 0 radical (unpaired) electrons. The summed E-state index contributed by atoms with van der Waals surface area (Å²) in [6.07, 6.45) is 2.18. The minimum atomic E-state index is 0.185. The lowest BCUT2D eigenvalue weighted by atomic mass is 10.2. The molecule has 0 aromatic carbocycles. The average Bonchev–Trinajstić information content (AvgIpc) is 1.65. The second-order valence-electron chi connectivity index (χ2n) is 1.51. The van der Waals surface area contributed by atoms with Crippen LogP contribution in [0.5, 0.6) is 0 Å². The van der Waals surface area contributed by atoms with Crippen molar-refractivity contribution < 1.29 is 5.11 Å². The van der Waals surface area contributed by atoms with Gasteiger partial charge in [0.25, 0.3) is 0 Å². The van der Waals surface area contributed by atoms with Gasteiger partial charge in [-0.15, -0.1) is 0 Å². The average molecular weight is 89.2 g/mol. The van der Waals surface area contributed by atoms with Crippen molar-refractivity contribution in [3.8, 4) is 0 Å². The highest BCUT2D eigenvalue weighted by molar-refractivity contribution is 4.43. The van der Waals surface area contributed by atoms with Gasteiger partial charge < -0.3 is 5.11 Å². The van der Waals surface area contributed by atoms with E-state index in [2.05, 4.69) is 0 Å². The summed E-state index contributed by atoms with van der Waals surface area (Å²) in [6, 6.07) is 0. The van der Waals surface area contributed by atoms with Gasteiger partial charge in [-0.1, -0.05) is 13.8 Å². The molecule has 0 aromatic rings. The Balaban J connectivity index is 2.75. The smallest absolute Gasteiger partial charge is 0.153 e. The third kappa shape index (κ3) is 2.21. The largest absolute Gasteiger partial charge is 0.443 e. The van der Waals surface area contributed by atoms with Crippen LogP contribution in [0.1, 0.15) is 26.7 Å². The summed E-state index contributed by atoms with van der Waals surface area (Å²) in [4.78, 5) is 0. The summed E-state index contributed by atoms with van der Waals surface area (Å²) in [5.41, 5.74) is 0. The zero-order valence-corrected chi connectivity index (χ0v) is 4.49. The Morgan fingerprint density at radius 3 is 1.67 bits per heavy atom. The van der Waals surface area contributed by atoms with E-state index in [0.717, 1.165) is 12.8 Å². The van der Waals surface area contributed by atoms with Crippen molar-refractivity contribution in [3.05, 3.63) is 0 Å². The first-order chi connectivity index (χ1) is 2.81. The lowest BCUT2D eigenvalue weighted by Crippen LogP contribution is -1.99. The van der Waals surface area contributed by atoms with Gasteiger partial charge in [0.05, 0.1) is 0 Å². The highest BCUT2D eigenvalue weighted by Crippen LogP contribution is 1.91. The molecule has 6 heavy (non-hydrogen) atoms. The Morgan fingerprint density at radius 2 is 1.67 bits per heavy atom. The standard InChI is InChI=1S/C5H12O/c1-3-5(6)4-2/h5-6H,3-4H2,1-2H3/p+1. The van der Waals surface area contributed by atoms with Crippen molar-refractivity contribution >= 4 is 0 Å². The highest BCUT2D eigenvalue weighted by Gasteiger charge is 1.96. The highest BCUT2D eigenvalue weighted by atomic mass is 16.3. The molecule has 0 aliphatic heterocycles. The Morgan fingerprint density at radius 1 is 1.33 bits per heavy atom. The van der Waals surface area contributed by atoms with Crippen LogP contribution < -0.4 is 0 Å². The summed E-state index contributed by atoms with van der Waals surface area (Å²) < 4.78 is 0. The van der Waals surface area contributed by atoms with Crippen molar-refractivity contribution in [1.29, 1.82) is 0 Å². The maximum absolute atomic E-state index is 7.07. The molecule has 38 valence electrons. The van der Waals surface area contributed by atoms with Gasteiger partial charge in [-0.3, -0.25) is 0 Å². The van der Waals surface area contributed by atoms with Gasteiger partial charge in [-0.25, -0.2) is 0 Å². The first-order valence-corrected chi connectivity index (χ1v) is 2.52. The molecule has 0 saturated heterocycles. The topological polar surface area (TPSA) is 22.9 Å². The SMILES string of the molecule is CCC([OH2+])CC. The van der Waals surface area contributed by atoms with E-state index >= 15 is 0 Å². The molecule has 0 fully saturated rings. The van der Waals surface area contributed by atoms with Crippen LogP contribution in [0.15, 0.2) is 0 Å². The summed E-state index contributed by atoms with van der Waals surface area (Å²) in [6.45, 7) is 4.09. The fraction of sp³-hybridized carbons (Fsp3) is 1.00. The van der Waals surface area contributed by atoms with Crippen molar-refractivity contribution in [3.63, 3.8) is 0 Å². The van der Waals surface area contributed by atoms with Gasteiger partial charge in [-0.2, -0.15) is 0 Å². The molecule has 1 nitrogen and oxygen atoms in total. The van der Waals surface area contributed by atoms with Crippen molar-refractivity contribution in [1.82, 2.24) is 0 Å². The molecular weight excluding hydrogens is 76.1 g/mol. The molecule has 0 aliphatic carbocycles. The van der Waals surface area contributed by atoms with Gasteiger partial charge in [0.15, 0.2) is 6.10 Å². The van der Waals surface area contributed by atoms with E-state index < -0.39 is 0 Å². The monoisotopic (exact) mass is 89.1 g/mol. The summed E-state index contributed by atoms with van der Waals surface area (Å²) >= 11 is 0. The number of rotatable bonds is 2. The maximum atomic E-state index is 7.07. The third-order valence-corrected chi connectivity index (χ3v) is 0.986. The lowest BCUT2D eigenvalue weighted by molar-refractivity contribution is 0.166.